The van der Waals surface area contributed by atoms with E-state index in [4.69, 9.17) is 23.2 Å². The highest BCUT2D eigenvalue weighted by Crippen LogP contribution is 2.40. The Hall–Kier alpha value is -1.89. The number of ketones is 1. The molecule has 1 N–H and O–H groups in total. The molecule has 1 spiro atoms. The zero-order valence-electron chi connectivity index (χ0n) is 13.6. The third kappa shape index (κ3) is 2.64. The lowest BCUT2D eigenvalue weighted by atomic mass is 9.76. The summed E-state index contributed by atoms with van der Waals surface area (Å²) in [5, 5.41) is 2.83. The van der Waals surface area contributed by atoms with Gasteiger partial charge in [-0.2, -0.15) is 0 Å². The molecule has 1 aliphatic heterocycles. The van der Waals surface area contributed by atoms with E-state index in [1.54, 1.807) is 0 Å². The number of nitrogens with one attached hydrogen (secondary N) is 1. The number of halogens is 2. The Kier molecular flexibility index (Phi) is 4.29. The largest absolute Gasteiger partial charge is 0.325 e. The number of thiophene rings is 1. The van der Waals surface area contributed by atoms with Gasteiger partial charge in [0.15, 0.2) is 5.78 Å². The van der Waals surface area contributed by atoms with Gasteiger partial charge in [0, 0.05) is 0 Å². The van der Waals surface area contributed by atoms with Crippen LogP contribution in [0.5, 0.6) is 0 Å². The van der Waals surface area contributed by atoms with Gasteiger partial charge in [-0.15, -0.1) is 11.3 Å². The van der Waals surface area contributed by atoms with Crippen LogP contribution in [0, 0.1) is 0 Å². The van der Waals surface area contributed by atoms with Crippen molar-refractivity contribution in [1.82, 2.24) is 10.2 Å². The maximum Gasteiger partial charge on any atom is 0.325 e. The van der Waals surface area contributed by atoms with Crippen LogP contribution < -0.4 is 5.32 Å². The number of hydrogen-bond donors (Lipinski definition) is 1. The van der Waals surface area contributed by atoms with Gasteiger partial charge in [-0.3, -0.25) is 14.5 Å². The monoisotopic (exact) mass is 408 g/mol. The Morgan fingerprint density at radius 3 is 2.77 bits per heavy atom. The van der Waals surface area contributed by atoms with Gasteiger partial charge in [0.1, 0.15) is 9.88 Å². The summed E-state index contributed by atoms with van der Waals surface area (Å²) in [5.41, 5.74) is 1.01. The number of fused-ring (bicyclic) bond motifs is 2. The number of carbonyl (C=O) groups excluding carboxylic acids is 3. The zero-order chi connectivity index (χ0) is 18.5. The summed E-state index contributed by atoms with van der Waals surface area (Å²) in [7, 11) is 0. The number of imide groups is 1. The van der Waals surface area contributed by atoms with E-state index in [2.05, 4.69) is 5.32 Å². The van der Waals surface area contributed by atoms with Gasteiger partial charge in [0.25, 0.3) is 5.91 Å². The Morgan fingerprint density at radius 1 is 1.27 bits per heavy atom. The van der Waals surface area contributed by atoms with Crippen LogP contribution in [0.2, 0.25) is 8.67 Å². The summed E-state index contributed by atoms with van der Waals surface area (Å²) in [6, 6.07) is 8.51. The van der Waals surface area contributed by atoms with Crippen LogP contribution in [0.4, 0.5) is 4.79 Å². The Morgan fingerprint density at radius 2 is 2.04 bits per heavy atom. The van der Waals surface area contributed by atoms with Gasteiger partial charge in [0.2, 0.25) is 0 Å². The van der Waals surface area contributed by atoms with E-state index >= 15 is 0 Å². The van der Waals surface area contributed by atoms with E-state index in [1.807, 2.05) is 24.3 Å². The van der Waals surface area contributed by atoms with E-state index in [0.717, 1.165) is 40.2 Å². The number of nitrogens with zero attached hydrogens (tertiary/aromatic N) is 1. The second-order valence-corrected chi connectivity index (χ2v) is 8.68. The van der Waals surface area contributed by atoms with E-state index < -0.39 is 17.4 Å². The first-order valence-corrected chi connectivity index (χ1v) is 9.70. The lowest BCUT2D eigenvalue weighted by Gasteiger charge is -2.33. The first-order chi connectivity index (χ1) is 12.4. The topological polar surface area (TPSA) is 66.5 Å². The lowest BCUT2D eigenvalue weighted by Crippen LogP contribution is -2.46. The molecular weight excluding hydrogens is 395 g/mol. The first kappa shape index (κ1) is 17.5. The van der Waals surface area contributed by atoms with E-state index in [9.17, 15) is 14.4 Å². The maximum absolute atomic E-state index is 13.1. The average Bonchev–Trinajstić information content (AvgIpc) is 3.07. The van der Waals surface area contributed by atoms with Gasteiger partial charge in [-0.1, -0.05) is 47.5 Å². The van der Waals surface area contributed by atoms with Crippen molar-refractivity contribution in [2.75, 3.05) is 6.54 Å². The summed E-state index contributed by atoms with van der Waals surface area (Å²) in [6.45, 7) is -0.360. The molecule has 4 rings (SSSR count). The molecule has 5 nitrogen and oxygen atoms in total. The molecule has 2 aromatic rings. The molecule has 134 valence electrons. The fourth-order valence-electron chi connectivity index (χ4n) is 3.71. The van der Waals surface area contributed by atoms with Crippen LogP contribution in [-0.4, -0.2) is 29.2 Å². The SMILES string of the molecule is O=C(CN1C(=O)NC2(CCCc3ccccc32)C1=O)c1cc(Cl)sc1Cl. The maximum atomic E-state index is 13.1. The predicted octanol–water partition coefficient (Wildman–Crippen LogP) is 4.02. The van der Waals surface area contributed by atoms with Crippen molar-refractivity contribution >= 4 is 52.3 Å². The van der Waals surface area contributed by atoms with Crippen LogP contribution in [0.1, 0.15) is 34.3 Å². The highest BCUT2D eigenvalue weighted by Gasteiger charge is 2.54. The molecule has 1 aromatic heterocycles. The van der Waals surface area contributed by atoms with Crippen molar-refractivity contribution in [3.05, 3.63) is 55.7 Å². The van der Waals surface area contributed by atoms with Crippen molar-refractivity contribution in [2.45, 2.75) is 24.8 Å². The Bertz CT molecular complexity index is 942. The number of benzene rings is 1. The number of aryl methyl sites for hydroxylation is 1. The molecule has 1 saturated heterocycles. The standard InChI is InChI=1S/C18H14Cl2N2O3S/c19-14-8-11(15(20)26-14)13(23)9-22-16(24)18(21-17(22)25)7-3-5-10-4-1-2-6-12(10)18/h1-2,4,6,8H,3,5,7,9H2,(H,21,25). The second-order valence-electron chi connectivity index (χ2n) is 6.40. The molecule has 0 radical (unpaired) electrons. The van der Waals surface area contributed by atoms with Gasteiger partial charge in [-0.05, 0) is 36.5 Å². The van der Waals surface area contributed by atoms with E-state index in [1.165, 1.54) is 6.07 Å². The third-order valence-electron chi connectivity index (χ3n) is 4.91. The number of amides is 3. The molecule has 1 aliphatic carbocycles. The van der Waals surface area contributed by atoms with Crippen molar-refractivity contribution in [1.29, 1.82) is 0 Å². The molecule has 26 heavy (non-hydrogen) atoms. The molecule has 8 heteroatoms. The molecule has 1 fully saturated rings. The second kappa shape index (κ2) is 6.37. The fraction of sp³-hybridized carbons (Fsp3) is 0.278. The summed E-state index contributed by atoms with van der Waals surface area (Å²) in [6.07, 6.45) is 2.17. The Balaban J connectivity index is 1.65. The normalized spacial score (nSPS) is 21.8. The predicted molar refractivity (Wildman–Crippen MR) is 100.0 cm³/mol. The van der Waals surface area contributed by atoms with Crippen LogP contribution in [0.3, 0.4) is 0 Å². The quantitative estimate of drug-likeness (QED) is 0.615. The molecule has 0 bridgehead atoms. The van der Waals surface area contributed by atoms with E-state index in [-0.39, 0.29) is 22.4 Å². The van der Waals surface area contributed by atoms with Crippen LogP contribution in [-0.2, 0) is 16.8 Å². The summed E-state index contributed by atoms with van der Waals surface area (Å²) in [4.78, 5) is 39.2. The highest BCUT2D eigenvalue weighted by atomic mass is 35.5. The highest BCUT2D eigenvalue weighted by molar-refractivity contribution is 7.20. The van der Waals surface area contributed by atoms with Crippen LogP contribution in [0.25, 0.3) is 0 Å². The first-order valence-electron chi connectivity index (χ1n) is 8.13. The molecule has 1 aromatic carbocycles. The summed E-state index contributed by atoms with van der Waals surface area (Å²) >= 11 is 13.0. The molecule has 0 saturated carbocycles. The smallest absolute Gasteiger partial charge is 0.319 e. The van der Waals surface area contributed by atoms with E-state index in [0.29, 0.717) is 10.8 Å². The van der Waals surface area contributed by atoms with Crippen LogP contribution in [0.15, 0.2) is 30.3 Å². The third-order valence-corrected chi connectivity index (χ3v) is 6.40. The average molecular weight is 409 g/mol. The molecule has 2 heterocycles. The molecule has 3 amide bonds. The number of Topliss-reactive ketones (excluding diaryl/α,β-unsaturated/α-hetero) is 1. The minimum Gasteiger partial charge on any atom is -0.319 e. The Labute approximate surface area is 163 Å². The van der Waals surface area contributed by atoms with Crippen LogP contribution >= 0.6 is 34.5 Å². The molecule has 1 atom stereocenters. The van der Waals surface area contributed by atoms with Crippen molar-refractivity contribution in [3.8, 4) is 0 Å². The summed E-state index contributed by atoms with van der Waals surface area (Å²) < 4.78 is 0.637. The van der Waals surface area contributed by atoms with Gasteiger partial charge >= 0.3 is 6.03 Å². The minimum absolute atomic E-state index is 0.229. The number of urea groups is 1. The number of rotatable bonds is 3. The number of carbonyl (C=O) groups is 3. The molecular formula is C18H14Cl2N2O3S. The fourth-order valence-corrected chi connectivity index (χ4v) is 5.21. The van der Waals surface area contributed by atoms with Crippen molar-refractivity contribution in [3.63, 3.8) is 0 Å². The number of hydrogen-bond acceptors (Lipinski definition) is 4. The van der Waals surface area contributed by atoms with Crippen molar-refractivity contribution < 1.29 is 14.4 Å². The van der Waals surface area contributed by atoms with Crippen molar-refractivity contribution in [2.24, 2.45) is 0 Å². The lowest BCUT2D eigenvalue weighted by molar-refractivity contribution is -0.131. The van der Waals surface area contributed by atoms with Gasteiger partial charge in [0.05, 0.1) is 16.4 Å². The van der Waals surface area contributed by atoms with Gasteiger partial charge in [-0.25, -0.2) is 4.79 Å². The van der Waals surface area contributed by atoms with Gasteiger partial charge < -0.3 is 5.32 Å². The zero-order valence-corrected chi connectivity index (χ0v) is 15.9. The minimum atomic E-state index is -1.08. The summed E-state index contributed by atoms with van der Waals surface area (Å²) in [5.74, 6) is -0.803. The molecule has 2 aliphatic rings. The molecule has 1 unspecified atom stereocenters.